The largest absolute Gasteiger partial charge is 0.433 e. The van der Waals surface area contributed by atoms with Crippen molar-refractivity contribution in [2.75, 3.05) is 13.1 Å². The van der Waals surface area contributed by atoms with E-state index in [2.05, 4.69) is 15.3 Å². The highest BCUT2D eigenvalue weighted by atomic mass is 19.4. The lowest BCUT2D eigenvalue weighted by Gasteiger charge is -2.22. The molecule has 17 heavy (non-hydrogen) atoms. The van der Waals surface area contributed by atoms with E-state index >= 15 is 0 Å². The molecule has 0 bridgehead atoms. The summed E-state index contributed by atoms with van der Waals surface area (Å²) in [7, 11) is 0. The van der Waals surface area contributed by atoms with E-state index in [1.165, 1.54) is 0 Å². The van der Waals surface area contributed by atoms with Crippen molar-refractivity contribution in [2.45, 2.75) is 25.4 Å². The number of alkyl halides is 3. The third kappa shape index (κ3) is 3.39. The van der Waals surface area contributed by atoms with Crippen LogP contribution in [0.4, 0.5) is 13.2 Å². The van der Waals surface area contributed by atoms with Crippen molar-refractivity contribution < 1.29 is 13.2 Å². The summed E-state index contributed by atoms with van der Waals surface area (Å²) < 4.78 is 37.3. The van der Waals surface area contributed by atoms with Gasteiger partial charge < -0.3 is 5.32 Å². The molecule has 6 heteroatoms. The maximum absolute atomic E-state index is 12.4. The van der Waals surface area contributed by atoms with Gasteiger partial charge in [-0.2, -0.15) is 13.2 Å². The second-order valence-corrected chi connectivity index (χ2v) is 4.31. The first-order chi connectivity index (χ1) is 8.05. The molecule has 0 aromatic carbocycles. The topological polar surface area (TPSA) is 37.8 Å². The molecule has 1 saturated heterocycles. The van der Waals surface area contributed by atoms with Crippen LogP contribution in [-0.2, 0) is 12.6 Å². The lowest BCUT2D eigenvalue weighted by Crippen LogP contribution is -2.31. The quantitative estimate of drug-likeness (QED) is 0.866. The molecule has 1 fully saturated rings. The Bertz CT molecular complexity index is 372. The van der Waals surface area contributed by atoms with E-state index < -0.39 is 11.9 Å². The van der Waals surface area contributed by atoms with Gasteiger partial charge in [0.2, 0.25) is 0 Å². The average Bonchev–Trinajstić information content (AvgIpc) is 2.29. The highest BCUT2D eigenvalue weighted by molar-refractivity contribution is 5.11. The van der Waals surface area contributed by atoms with E-state index in [0.29, 0.717) is 18.0 Å². The maximum Gasteiger partial charge on any atom is 0.433 e. The van der Waals surface area contributed by atoms with Gasteiger partial charge in [-0.05, 0) is 44.3 Å². The smallest absolute Gasteiger partial charge is 0.316 e. The van der Waals surface area contributed by atoms with Crippen LogP contribution in [0, 0.1) is 5.92 Å². The van der Waals surface area contributed by atoms with Crippen molar-refractivity contribution in [3.63, 3.8) is 0 Å². The van der Waals surface area contributed by atoms with Crippen molar-refractivity contribution in [2.24, 2.45) is 5.92 Å². The molecule has 1 aliphatic rings. The number of nitrogens with one attached hydrogen (secondary N) is 1. The van der Waals surface area contributed by atoms with Crippen molar-refractivity contribution in [1.29, 1.82) is 0 Å². The number of nitrogens with zero attached hydrogens (tertiary/aromatic N) is 2. The maximum atomic E-state index is 12.4. The van der Waals surface area contributed by atoms with Crippen LogP contribution in [0.25, 0.3) is 0 Å². The highest BCUT2D eigenvalue weighted by Crippen LogP contribution is 2.27. The molecule has 0 amide bonds. The van der Waals surface area contributed by atoms with Gasteiger partial charge in [-0.1, -0.05) is 0 Å². The zero-order valence-corrected chi connectivity index (χ0v) is 9.30. The molecule has 2 rings (SSSR count). The average molecular weight is 245 g/mol. The zero-order valence-electron chi connectivity index (χ0n) is 9.30. The fourth-order valence-electron chi connectivity index (χ4n) is 2.06. The van der Waals surface area contributed by atoms with Gasteiger partial charge in [-0.15, -0.1) is 0 Å². The molecule has 94 valence electrons. The van der Waals surface area contributed by atoms with E-state index in [0.717, 1.165) is 38.3 Å². The predicted molar refractivity (Wildman–Crippen MR) is 56.3 cm³/mol. The zero-order chi connectivity index (χ0) is 12.3. The van der Waals surface area contributed by atoms with Gasteiger partial charge in [0.05, 0.1) is 0 Å². The molecule has 1 unspecified atom stereocenters. The molecular formula is C11H14F3N3. The summed E-state index contributed by atoms with van der Waals surface area (Å²) in [6.45, 7) is 1.85. The van der Waals surface area contributed by atoms with Crippen LogP contribution >= 0.6 is 0 Å². The fraction of sp³-hybridized carbons (Fsp3) is 0.636. The second kappa shape index (κ2) is 5.00. The molecule has 0 radical (unpaired) electrons. The van der Waals surface area contributed by atoms with E-state index in [4.69, 9.17) is 0 Å². The number of hydrogen-bond acceptors (Lipinski definition) is 3. The standard InChI is InChI=1S/C11H14F3N3/c12-11(13,14)10-5-9(16-7-17-10)4-8-2-1-3-15-6-8/h5,7-8,15H,1-4,6H2. The summed E-state index contributed by atoms with van der Waals surface area (Å²) in [5.41, 5.74) is -0.382. The van der Waals surface area contributed by atoms with Crippen LogP contribution in [0.15, 0.2) is 12.4 Å². The summed E-state index contributed by atoms with van der Waals surface area (Å²) in [5.74, 6) is 0.375. The van der Waals surface area contributed by atoms with Crippen LogP contribution < -0.4 is 5.32 Å². The summed E-state index contributed by atoms with van der Waals surface area (Å²) in [4.78, 5) is 7.16. The summed E-state index contributed by atoms with van der Waals surface area (Å²) in [5, 5.41) is 3.23. The van der Waals surface area contributed by atoms with Gasteiger partial charge in [-0.3, -0.25) is 0 Å². The predicted octanol–water partition coefficient (Wildman–Crippen LogP) is 2.04. The van der Waals surface area contributed by atoms with Gasteiger partial charge >= 0.3 is 6.18 Å². The Labute approximate surface area is 97.5 Å². The molecule has 1 aliphatic heterocycles. The molecule has 0 aliphatic carbocycles. The minimum atomic E-state index is -4.39. The minimum Gasteiger partial charge on any atom is -0.316 e. The highest BCUT2D eigenvalue weighted by Gasteiger charge is 2.32. The molecule has 1 aromatic rings. The molecule has 2 heterocycles. The van der Waals surface area contributed by atoms with Crippen LogP contribution in [0.2, 0.25) is 0 Å². The molecule has 1 N–H and O–H groups in total. The van der Waals surface area contributed by atoms with Crippen molar-refractivity contribution >= 4 is 0 Å². The summed E-state index contributed by atoms with van der Waals surface area (Å²) in [6.07, 6.45) is -0.699. The van der Waals surface area contributed by atoms with Gasteiger partial charge in [0.25, 0.3) is 0 Å². The minimum absolute atomic E-state index is 0.375. The van der Waals surface area contributed by atoms with Gasteiger partial charge in [0, 0.05) is 5.69 Å². The van der Waals surface area contributed by atoms with Crippen molar-refractivity contribution in [3.8, 4) is 0 Å². The van der Waals surface area contributed by atoms with E-state index in [1.54, 1.807) is 0 Å². The number of hydrogen-bond donors (Lipinski definition) is 1. The Balaban J connectivity index is 2.05. The number of rotatable bonds is 2. The van der Waals surface area contributed by atoms with Crippen LogP contribution in [0.1, 0.15) is 24.2 Å². The molecular weight excluding hydrogens is 231 g/mol. The monoisotopic (exact) mass is 245 g/mol. The lowest BCUT2D eigenvalue weighted by molar-refractivity contribution is -0.141. The van der Waals surface area contributed by atoms with Gasteiger partial charge in [0.15, 0.2) is 0 Å². The first kappa shape index (κ1) is 12.3. The van der Waals surface area contributed by atoms with Gasteiger partial charge in [0.1, 0.15) is 12.0 Å². The Morgan fingerprint density at radius 3 is 2.82 bits per heavy atom. The third-order valence-corrected chi connectivity index (χ3v) is 2.91. The van der Waals surface area contributed by atoms with E-state index in [9.17, 15) is 13.2 Å². The van der Waals surface area contributed by atoms with Gasteiger partial charge in [-0.25, -0.2) is 9.97 Å². The summed E-state index contributed by atoms with van der Waals surface area (Å²) in [6, 6.07) is 1.05. The Morgan fingerprint density at radius 1 is 1.35 bits per heavy atom. The van der Waals surface area contributed by atoms with Crippen molar-refractivity contribution in [1.82, 2.24) is 15.3 Å². The van der Waals surface area contributed by atoms with Crippen LogP contribution in [0.3, 0.4) is 0 Å². The molecule has 0 spiro atoms. The SMILES string of the molecule is FC(F)(F)c1cc(CC2CCCNC2)ncn1. The van der Waals surface area contributed by atoms with Crippen molar-refractivity contribution in [3.05, 3.63) is 23.8 Å². The van der Waals surface area contributed by atoms with E-state index in [-0.39, 0.29) is 0 Å². The summed E-state index contributed by atoms with van der Waals surface area (Å²) >= 11 is 0. The Morgan fingerprint density at radius 2 is 2.18 bits per heavy atom. The Kier molecular flexibility index (Phi) is 3.61. The molecule has 0 saturated carbocycles. The van der Waals surface area contributed by atoms with E-state index in [1.807, 2.05) is 0 Å². The number of halogens is 3. The molecule has 3 nitrogen and oxygen atoms in total. The normalized spacial score (nSPS) is 21.5. The first-order valence-corrected chi connectivity index (χ1v) is 5.64. The lowest BCUT2D eigenvalue weighted by atomic mass is 9.94. The second-order valence-electron chi connectivity index (χ2n) is 4.31. The molecule has 1 aromatic heterocycles. The Hall–Kier alpha value is -1.17. The fourth-order valence-corrected chi connectivity index (χ4v) is 2.06. The number of aromatic nitrogens is 2. The van der Waals surface area contributed by atoms with Crippen LogP contribution in [0.5, 0.6) is 0 Å². The first-order valence-electron chi connectivity index (χ1n) is 5.64. The number of piperidine rings is 1. The van der Waals surface area contributed by atoms with Crippen LogP contribution in [-0.4, -0.2) is 23.1 Å². The molecule has 1 atom stereocenters. The third-order valence-electron chi connectivity index (χ3n) is 2.91.